The molecule has 7 heteroatoms. The van der Waals surface area contributed by atoms with Crippen molar-refractivity contribution in [2.24, 2.45) is 0 Å². The van der Waals surface area contributed by atoms with E-state index in [2.05, 4.69) is 4.98 Å². The molecule has 1 fully saturated rings. The third-order valence-electron chi connectivity index (χ3n) is 3.66. The topological polar surface area (TPSA) is 62.7 Å². The number of hydrogen-bond acceptors (Lipinski definition) is 5. The Hall–Kier alpha value is -1.47. The molecule has 1 aromatic heterocycles. The second kappa shape index (κ2) is 6.53. The van der Waals surface area contributed by atoms with Gasteiger partial charge in [0.2, 0.25) is 11.8 Å². The Morgan fingerprint density at radius 3 is 2.67 bits per heavy atom. The summed E-state index contributed by atoms with van der Waals surface area (Å²) in [6, 6.07) is -0.440. The number of hydrogen-bond donors (Lipinski definition) is 0. The normalized spacial score (nSPS) is 19.5. The Bertz CT molecular complexity index is 544. The van der Waals surface area contributed by atoms with Crippen LogP contribution in [0.2, 0.25) is 0 Å². The molecule has 0 bridgehead atoms. The van der Waals surface area contributed by atoms with E-state index in [9.17, 15) is 9.59 Å². The minimum Gasteiger partial charge on any atom is -0.383 e. The third kappa shape index (κ3) is 3.41. The highest BCUT2D eigenvalue weighted by Gasteiger charge is 2.36. The molecule has 21 heavy (non-hydrogen) atoms. The van der Waals surface area contributed by atoms with Crippen molar-refractivity contribution in [1.82, 2.24) is 14.8 Å². The maximum Gasteiger partial charge on any atom is 0.245 e. The van der Waals surface area contributed by atoms with Crippen molar-refractivity contribution in [1.29, 1.82) is 0 Å². The van der Waals surface area contributed by atoms with Crippen molar-refractivity contribution in [3.8, 4) is 0 Å². The van der Waals surface area contributed by atoms with Crippen molar-refractivity contribution >= 4 is 23.2 Å². The first-order valence-electron chi connectivity index (χ1n) is 6.94. The molecule has 0 aliphatic carbocycles. The second-order valence-electron chi connectivity index (χ2n) is 5.19. The molecule has 1 saturated heterocycles. The van der Waals surface area contributed by atoms with E-state index in [-0.39, 0.29) is 18.4 Å². The SMILES string of the molecule is COCCN1CC(=O)N(Cc2sc(C)nc2C)[C@@H](C)C1=O. The minimum absolute atomic E-state index is 0.0226. The van der Waals surface area contributed by atoms with Crippen LogP contribution >= 0.6 is 11.3 Å². The van der Waals surface area contributed by atoms with Gasteiger partial charge in [-0.2, -0.15) is 0 Å². The minimum atomic E-state index is -0.440. The highest BCUT2D eigenvalue weighted by Crippen LogP contribution is 2.22. The van der Waals surface area contributed by atoms with Crippen LogP contribution in [0.4, 0.5) is 0 Å². The molecular weight excluding hydrogens is 290 g/mol. The summed E-state index contributed by atoms with van der Waals surface area (Å²) in [6.07, 6.45) is 0. The number of rotatable bonds is 5. The first kappa shape index (κ1) is 15.9. The number of aryl methyl sites for hydroxylation is 2. The van der Waals surface area contributed by atoms with E-state index in [0.717, 1.165) is 15.6 Å². The summed E-state index contributed by atoms with van der Waals surface area (Å²) in [5.74, 6) is -0.0470. The van der Waals surface area contributed by atoms with Crippen molar-refractivity contribution in [3.05, 3.63) is 15.6 Å². The van der Waals surface area contributed by atoms with Gasteiger partial charge >= 0.3 is 0 Å². The van der Waals surface area contributed by atoms with Crippen LogP contribution in [0.3, 0.4) is 0 Å². The van der Waals surface area contributed by atoms with E-state index in [1.165, 1.54) is 0 Å². The Labute approximate surface area is 128 Å². The fraction of sp³-hybridized carbons (Fsp3) is 0.643. The molecule has 1 aliphatic heterocycles. The van der Waals surface area contributed by atoms with Crippen LogP contribution in [0.5, 0.6) is 0 Å². The number of piperazine rings is 1. The van der Waals surface area contributed by atoms with E-state index < -0.39 is 6.04 Å². The Morgan fingerprint density at radius 2 is 2.10 bits per heavy atom. The predicted octanol–water partition coefficient (Wildman–Crippen LogP) is 0.966. The van der Waals surface area contributed by atoms with Crippen molar-refractivity contribution in [2.45, 2.75) is 33.4 Å². The van der Waals surface area contributed by atoms with Crippen molar-refractivity contribution < 1.29 is 14.3 Å². The van der Waals surface area contributed by atoms with E-state index in [0.29, 0.717) is 19.7 Å². The zero-order chi connectivity index (χ0) is 15.6. The number of carbonyl (C=O) groups excluding carboxylic acids is 2. The number of amides is 2. The number of thiazole rings is 1. The average Bonchev–Trinajstić information content (AvgIpc) is 2.75. The van der Waals surface area contributed by atoms with Gasteiger partial charge in [0, 0.05) is 18.5 Å². The van der Waals surface area contributed by atoms with Gasteiger partial charge in [0.15, 0.2) is 0 Å². The van der Waals surface area contributed by atoms with Crippen molar-refractivity contribution in [3.63, 3.8) is 0 Å². The summed E-state index contributed by atoms with van der Waals surface area (Å²) >= 11 is 1.58. The highest BCUT2D eigenvalue weighted by atomic mass is 32.1. The molecule has 0 radical (unpaired) electrons. The quantitative estimate of drug-likeness (QED) is 0.813. The van der Waals surface area contributed by atoms with Crippen molar-refractivity contribution in [2.75, 3.05) is 26.8 Å². The predicted molar refractivity (Wildman–Crippen MR) is 80.1 cm³/mol. The number of aromatic nitrogens is 1. The molecule has 0 spiro atoms. The standard InChI is InChI=1S/C14H21N3O3S/c1-9-12(21-11(3)15-9)7-17-10(2)14(19)16(5-6-20-4)8-13(17)18/h10H,5-8H2,1-4H3/t10-/m0/s1. The van der Waals surface area contributed by atoms with Gasteiger partial charge in [0.25, 0.3) is 0 Å². The summed E-state index contributed by atoms with van der Waals surface area (Å²) < 4.78 is 4.98. The average molecular weight is 311 g/mol. The van der Waals surface area contributed by atoms with Crippen LogP contribution < -0.4 is 0 Å². The van der Waals surface area contributed by atoms with Crippen LogP contribution in [0.15, 0.2) is 0 Å². The molecule has 0 saturated carbocycles. The van der Waals surface area contributed by atoms with E-state index in [1.54, 1.807) is 35.2 Å². The van der Waals surface area contributed by atoms with Crippen LogP contribution in [-0.2, 0) is 20.9 Å². The molecule has 2 rings (SSSR count). The molecule has 1 atom stereocenters. The van der Waals surface area contributed by atoms with Gasteiger partial charge < -0.3 is 14.5 Å². The molecule has 0 aromatic carbocycles. The van der Waals surface area contributed by atoms with Crippen LogP contribution in [0.1, 0.15) is 22.5 Å². The van der Waals surface area contributed by atoms with Crippen LogP contribution in [0, 0.1) is 13.8 Å². The summed E-state index contributed by atoms with van der Waals surface area (Å²) in [6.45, 7) is 7.15. The molecule has 116 valence electrons. The Balaban J connectivity index is 2.09. The van der Waals surface area contributed by atoms with E-state index in [1.807, 2.05) is 13.8 Å². The lowest BCUT2D eigenvalue weighted by molar-refractivity contribution is -0.156. The van der Waals surface area contributed by atoms with Gasteiger partial charge in [-0.05, 0) is 20.8 Å². The summed E-state index contributed by atoms with van der Waals surface area (Å²) in [7, 11) is 1.58. The lowest BCUT2D eigenvalue weighted by Crippen LogP contribution is -2.58. The molecule has 1 aliphatic rings. The van der Waals surface area contributed by atoms with Gasteiger partial charge in [-0.25, -0.2) is 4.98 Å². The number of methoxy groups -OCH3 is 1. The van der Waals surface area contributed by atoms with Crippen LogP contribution in [0.25, 0.3) is 0 Å². The zero-order valence-corrected chi connectivity index (χ0v) is 13.7. The van der Waals surface area contributed by atoms with Gasteiger partial charge in [-0.1, -0.05) is 0 Å². The molecule has 6 nitrogen and oxygen atoms in total. The van der Waals surface area contributed by atoms with Gasteiger partial charge in [0.05, 0.1) is 30.4 Å². The van der Waals surface area contributed by atoms with Crippen LogP contribution in [-0.4, -0.2) is 59.4 Å². The lowest BCUT2D eigenvalue weighted by atomic mass is 10.1. The summed E-state index contributed by atoms with van der Waals surface area (Å²) in [4.78, 5) is 33.3. The smallest absolute Gasteiger partial charge is 0.245 e. The van der Waals surface area contributed by atoms with E-state index >= 15 is 0 Å². The largest absolute Gasteiger partial charge is 0.383 e. The monoisotopic (exact) mass is 311 g/mol. The third-order valence-corrected chi connectivity index (χ3v) is 4.72. The first-order valence-corrected chi connectivity index (χ1v) is 7.75. The molecule has 0 N–H and O–H groups in total. The fourth-order valence-corrected chi connectivity index (χ4v) is 3.37. The van der Waals surface area contributed by atoms with Gasteiger partial charge in [-0.15, -0.1) is 11.3 Å². The first-order chi connectivity index (χ1) is 9.93. The Morgan fingerprint density at radius 1 is 1.38 bits per heavy atom. The van der Waals surface area contributed by atoms with E-state index in [4.69, 9.17) is 4.74 Å². The molecule has 2 heterocycles. The molecule has 0 unspecified atom stereocenters. The maximum absolute atomic E-state index is 12.3. The zero-order valence-electron chi connectivity index (χ0n) is 12.9. The number of carbonyl (C=O) groups is 2. The summed E-state index contributed by atoms with van der Waals surface area (Å²) in [5.41, 5.74) is 0.937. The number of nitrogens with zero attached hydrogens (tertiary/aromatic N) is 3. The van der Waals surface area contributed by atoms with Gasteiger partial charge in [-0.3, -0.25) is 9.59 Å². The molecular formula is C14H21N3O3S. The number of ether oxygens (including phenoxy) is 1. The lowest BCUT2D eigenvalue weighted by Gasteiger charge is -2.38. The highest BCUT2D eigenvalue weighted by molar-refractivity contribution is 7.11. The molecule has 2 amide bonds. The fourth-order valence-electron chi connectivity index (χ4n) is 2.44. The molecule has 1 aromatic rings. The maximum atomic E-state index is 12.3. The van der Waals surface area contributed by atoms with Gasteiger partial charge in [0.1, 0.15) is 6.04 Å². The summed E-state index contributed by atoms with van der Waals surface area (Å²) in [5, 5.41) is 0.979. The second-order valence-corrected chi connectivity index (χ2v) is 6.48. The Kier molecular flexibility index (Phi) is 4.95.